The average Bonchev–Trinajstić information content (AvgIpc) is 2.63. The first-order chi connectivity index (χ1) is 11.7. The predicted molar refractivity (Wildman–Crippen MR) is 96.0 cm³/mol. The minimum atomic E-state index is 0.495. The van der Waals surface area contributed by atoms with Gasteiger partial charge in [0.05, 0.1) is 30.0 Å². The van der Waals surface area contributed by atoms with Gasteiger partial charge in [-0.3, -0.25) is 0 Å². The van der Waals surface area contributed by atoms with Crippen LogP contribution in [0.3, 0.4) is 0 Å². The molecular formula is C17H21N7. The Hall–Kier alpha value is -2.85. The molecule has 0 aliphatic carbocycles. The zero-order valence-corrected chi connectivity index (χ0v) is 13.4. The molecule has 1 atom stereocenters. The minimum Gasteiger partial charge on any atom is -0.396 e. The third-order valence-electron chi connectivity index (χ3n) is 3.97. The Kier molecular flexibility index (Phi) is 5.08. The van der Waals surface area contributed by atoms with E-state index in [-0.39, 0.29) is 0 Å². The molecule has 1 aliphatic rings. The highest BCUT2D eigenvalue weighted by atomic mass is 15.1. The van der Waals surface area contributed by atoms with Crippen LogP contribution in [-0.4, -0.2) is 34.6 Å². The Bertz CT molecular complexity index is 715. The molecule has 0 spiro atoms. The van der Waals surface area contributed by atoms with E-state index in [1.54, 1.807) is 12.4 Å². The van der Waals surface area contributed by atoms with Gasteiger partial charge in [-0.15, -0.1) is 6.42 Å². The molecule has 2 aromatic heterocycles. The highest BCUT2D eigenvalue weighted by Crippen LogP contribution is 2.23. The van der Waals surface area contributed by atoms with Crippen molar-refractivity contribution in [3.05, 3.63) is 30.4 Å². The largest absolute Gasteiger partial charge is 0.396 e. The predicted octanol–water partition coefficient (Wildman–Crippen LogP) is 1.59. The molecule has 1 aliphatic heterocycles. The quantitative estimate of drug-likeness (QED) is 0.620. The summed E-state index contributed by atoms with van der Waals surface area (Å²) in [6.45, 7) is 3.04. The average molecular weight is 323 g/mol. The van der Waals surface area contributed by atoms with E-state index in [0.29, 0.717) is 28.9 Å². The highest BCUT2D eigenvalue weighted by Gasteiger charge is 2.13. The van der Waals surface area contributed by atoms with Crippen molar-refractivity contribution < 1.29 is 0 Å². The lowest BCUT2D eigenvalue weighted by Crippen LogP contribution is -2.33. The first-order valence-corrected chi connectivity index (χ1v) is 8.00. The van der Waals surface area contributed by atoms with Gasteiger partial charge in [0.25, 0.3) is 0 Å². The maximum atomic E-state index is 6.02. The van der Waals surface area contributed by atoms with Gasteiger partial charge in [-0.25, -0.2) is 15.0 Å². The van der Waals surface area contributed by atoms with E-state index in [1.807, 2.05) is 6.07 Å². The number of rotatable bonds is 5. The zero-order chi connectivity index (χ0) is 16.8. The number of nitrogens with two attached hydrogens (primary N) is 1. The van der Waals surface area contributed by atoms with E-state index in [2.05, 4.69) is 36.8 Å². The van der Waals surface area contributed by atoms with Gasteiger partial charge in [-0.05, 0) is 37.8 Å². The van der Waals surface area contributed by atoms with Gasteiger partial charge in [-0.1, -0.05) is 0 Å². The molecule has 124 valence electrons. The molecule has 3 rings (SSSR count). The van der Waals surface area contributed by atoms with Crippen molar-refractivity contribution >= 4 is 23.0 Å². The second kappa shape index (κ2) is 7.62. The molecule has 0 amide bonds. The number of terminal acetylenes is 1. The first-order valence-electron chi connectivity index (χ1n) is 8.00. The number of hydrogen-bond acceptors (Lipinski definition) is 7. The van der Waals surface area contributed by atoms with E-state index in [1.165, 1.54) is 19.0 Å². The van der Waals surface area contributed by atoms with Crippen LogP contribution in [0.5, 0.6) is 0 Å². The summed E-state index contributed by atoms with van der Waals surface area (Å²) < 4.78 is 0. The van der Waals surface area contributed by atoms with Crippen molar-refractivity contribution in [1.29, 1.82) is 0 Å². The number of pyridine rings is 1. The smallest absolute Gasteiger partial charge is 0.150 e. The number of piperidine rings is 1. The van der Waals surface area contributed by atoms with Gasteiger partial charge in [0.1, 0.15) is 17.3 Å². The summed E-state index contributed by atoms with van der Waals surface area (Å²) in [5.74, 6) is 4.28. The fourth-order valence-corrected chi connectivity index (χ4v) is 2.64. The molecule has 0 aromatic carbocycles. The monoisotopic (exact) mass is 323 g/mol. The molecule has 2 aromatic rings. The van der Waals surface area contributed by atoms with E-state index in [4.69, 9.17) is 12.2 Å². The van der Waals surface area contributed by atoms with Gasteiger partial charge in [0.2, 0.25) is 0 Å². The summed E-state index contributed by atoms with van der Waals surface area (Å²) in [5.41, 5.74) is 8.00. The van der Waals surface area contributed by atoms with Crippen LogP contribution in [0.4, 0.5) is 23.0 Å². The third-order valence-corrected chi connectivity index (χ3v) is 3.97. The Balaban J connectivity index is 1.65. The Morgan fingerprint density at radius 1 is 1.25 bits per heavy atom. The van der Waals surface area contributed by atoms with Crippen molar-refractivity contribution in [2.45, 2.75) is 12.8 Å². The van der Waals surface area contributed by atoms with Gasteiger partial charge < -0.3 is 21.7 Å². The normalized spacial score (nSPS) is 17.0. The summed E-state index contributed by atoms with van der Waals surface area (Å²) >= 11 is 0. The van der Waals surface area contributed by atoms with E-state index < -0.39 is 0 Å². The maximum Gasteiger partial charge on any atom is 0.150 e. The van der Waals surface area contributed by atoms with Crippen molar-refractivity contribution in [2.24, 2.45) is 5.92 Å². The summed E-state index contributed by atoms with van der Waals surface area (Å²) in [5, 5.41) is 9.93. The summed E-state index contributed by atoms with van der Waals surface area (Å²) in [7, 11) is 0. The van der Waals surface area contributed by atoms with Crippen LogP contribution in [0.25, 0.3) is 0 Å². The van der Waals surface area contributed by atoms with Crippen molar-refractivity contribution in [2.75, 3.05) is 36.0 Å². The molecule has 1 fully saturated rings. The molecule has 1 saturated heterocycles. The minimum absolute atomic E-state index is 0.495. The zero-order valence-electron chi connectivity index (χ0n) is 13.4. The number of anilines is 4. The van der Waals surface area contributed by atoms with E-state index in [9.17, 15) is 0 Å². The van der Waals surface area contributed by atoms with Gasteiger partial charge in [0.15, 0.2) is 0 Å². The van der Waals surface area contributed by atoms with E-state index >= 15 is 0 Å². The van der Waals surface area contributed by atoms with Crippen LogP contribution in [0.15, 0.2) is 24.7 Å². The molecule has 7 nitrogen and oxygen atoms in total. The van der Waals surface area contributed by atoms with Crippen LogP contribution in [-0.2, 0) is 0 Å². The number of hydrogen-bond donors (Lipinski definition) is 4. The van der Waals surface area contributed by atoms with Gasteiger partial charge >= 0.3 is 0 Å². The number of nitrogens with one attached hydrogen (secondary N) is 3. The maximum absolute atomic E-state index is 6.02. The SMILES string of the molecule is C#Cc1cnc(Nc2cc(NC[C@@H]3CCCNC3)c(N)cn2)cn1. The summed E-state index contributed by atoms with van der Waals surface area (Å²) in [6.07, 6.45) is 12.5. The number of aromatic nitrogens is 3. The topological polar surface area (TPSA) is 101 Å². The third kappa shape index (κ3) is 4.12. The molecule has 0 bridgehead atoms. The van der Waals surface area contributed by atoms with Crippen LogP contribution in [0.1, 0.15) is 18.5 Å². The fraction of sp³-hybridized carbons (Fsp3) is 0.353. The Morgan fingerprint density at radius 2 is 2.12 bits per heavy atom. The van der Waals surface area contributed by atoms with Crippen LogP contribution < -0.4 is 21.7 Å². The van der Waals surface area contributed by atoms with E-state index in [0.717, 1.165) is 25.3 Å². The summed E-state index contributed by atoms with van der Waals surface area (Å²) in [4.78, 5) is 12.6. The Morgan fingerprint density at radius 3 is 2.83 bits per heavy atom. The lowest BCUT2D eigenvalue weighted by Gasteiger charge is -2.23. The molecule has 0 unspecified atom stereocenters. The van der Waals surface area contributed by atoms with Crippen LogP contribution in [0, 0.1) is 18.3 Å². The lowest BCUT2D eigenvalue weighted by molar-refractivity contribution is 0.393. The molecule has 3 heterocycles. The van der Waals surface area contributed by atoms with Crippen molar-refractivity contribution in [3.63, 3.8) is 0 Å². The molecule has 24 heavy (non-hydrogen) atoms. The molecular weight excluding hydrogens is 302 g/mol. The molecule has 0 radical (unpaired) electrons. The van der Waals surface area contributed by atoms with Crippen molar-refractivity contribution in [3.8, 4) is 12.3 Å². The van der Waals surface area contributed by atoms with Gasteiger partial charge in [-0.2, -0.15) is 0 Å². The summed E-state index contributed by atoms with van der Waals surface area (Å²) in [6, 6.07) is 1.88. The lowest BCUT2D eigenvalue weighted by atomic mass is 10.00. The van der Waals surface area contributed by atoms with Crippen molar-refractivity contribution in [1.82, 2.24) is 20.3 Å². The number of nitrogen functional groups attached to an aromatic ring is 1. The second-order valence-electron chi connectivity index (χ2n) is 5.81. The molecule has 5 N–H and O–H groups in total. The van der Waals surface area contributed by atoms with Crippen LogP contribution >= 0.6 is 0 Å². The first kappa shape index (κ1) is 16.0. The molecule has 0 saturated carbocycles. The van der Waals surface area contributed by atoms with Crippen LogP contribution in [0.2, 0.25) is 0 Å². The molecule has 7 heteroatoms. The number of nitrogens with zero attached hydrogens (tertiary/aromatic N) is 3. The highest BCUT2D eigenvalue weighted by molar-refractivity contribution is 5.70. The van der Waals surface area contributed by atoms with Gasteiger partial charge in [0, 0.05) is 12.6 Å². The fourth-order valence-electron chi connectivity index (χ4n) is 2.64. The standard InChI is InChI=1S/C17H21N7/c1-2-13-9-22-17(11-20-13)24-16-6-15(14(18)10-23-16)21-8-12-4-3-5-19-7-12/h1,6,9-12,19H,3-5,7-8,18H2,(H2,21,22,23,24)/t12-/m1/s1. The Labute approximate surface area is 141 Å². The second-order valence-corrected chi connectivity index (χ2v) is 5.81.